The van der Waals surface area contributed by atoms with Crippen LogP contribution in [0.2, 0.25) is 0 Å². The van der Waals surface area contributed by atoms with Gasteiger partial charge in [0.25, 0.3) is 0 Å². The maximum absolute atomic E-state index is 12.2. The molecule has 0 amide bonds. The van der Waals surface area contributed by atoms with Crippen LogP contribution < -0.4 is 5.11 Å². The zero-order chi connectivity index (χ0) is 15.1. The second-order valence-corrected chi connectivity index (χ2v) is 7.43. The average Bonchev–Trinajstić information content (AvgIpc) is 2.12. The number of alkyl halides is 3. The van der Waals surface area contributed by atoms with Gasteiger partial charge in [-0.05, 0) is 12.8 Å². The van der Waals surface area contributed by atoms with E-state index < -0.39 is 43.4 Å². The molecule has 0 saturated heterocycles. The quantitative estimate of drug-likeness (QED) is 0.341. The van der Waals surface area contributed by atoms with Crippen LogP contribution in [0.25, 0.3) is 0 Å². The Morgan fingerprint density at radius 2 is 1.89 bits per heavy atom. The molecule has 0 atom stereocenters. The van der Waals surface area contributed by atoms with Crippen molar-refractivity contribution in [3.05, 3.63) is 11.3 Å². The molecule has 0 saturated carbocycles. The van der Waals surface area contributed by atoms with Gasteiger partial charge >= 0.3 is 15.6 Å². The van der Waals surface area contributed by atoms with Crippen molar-refractivity contribution in [2.45, 2.75) is 28.8 Å². The summed E-state index contributed by atoms with van der Waals surface area (Å²) < 4.78 is 60.9. The van der Waals surface area contributed by atoms with E-state index in [1.807, 2.05) is 0 Å². The van der Waals surface area contributed by atoms with Crippen molar-refractivity contribution in [2.24, 2.45) is 0 Å². The number of carboxylic acids is 1. The predicted octanol–water partition coefficient (Wildman–Crippen LogP) is 0.596. The third kappa shape index (κ3) is 3.96. The fourth-order valence-electron chi connectivity index (χ4n) is 1.39. The summed E-state index contributed by atoms with van der Waals surface area (Å²) in [7, 11) is -5.93. The molecule has 0 unspecified atom stereocenters. The van der Waals surface area contributed by atoms with E-state index >= 15 is 0 Å². The smallest absolute Gasteiger partial charge is 0.534 e. The number of hydrogen-bond donors (Lipinski definition) is 2. The summed E-state index contributed by atoms with van der Waals surface area (Å²) in [6, 6.07) is 0. The predicted molar refractivity (Wildman–Crippen MR) is 62.6 cm³/mol. The zero-order valence-corrected chi connectivity index (χ0v) is 11.7. The van der Waals surface area contributed by atoms with E-state index in [0.717, 1.165) is 0 Å². The van der Waals surface area contributed by atoms with Gasteiger partial charge < -0.3 is 14.1 Å². The molecule has 0 fully saturated rings. The molecule has 5 nitrogen and oxygen atoms in total. The average molecular weight is 337 g/mol. The Morgan fingerprint density at radius 3 is 2.32 bits per heavy atom. The number of carboxylic acid groups (broad SMARTS) is 1. The molecule has 0 radical (unpaired) electrons. The van der Waals surface area contributed by atoms with E-state index in [1.54, 1.807) is 0 Å². The van der Waals surface area contributed by atoms with Crippen molar-refractivity contribution in [2.75, 3.05) is 0 Å². The first-order chi connectivity index (χ1) is 8.36. The van der Waals surface area contributed by atoms with Crippen molar-refractivity contribution in [1.29, 1.82) is 0 Å². The molecule has 1 aliphatic rings. The molecule has 1 aliphatic carbocycles. The van der Waals surface area contributed by atoms with Gasteiger partial charge in [-0.25, -0.2) is 0 Å². The van der Waals surface area contributed by atoms with E-state index in [-0.39, 0.29) is 12.8 Å². The van der Waals surface area contributed by atoms with Crippen LogP contribution in [-0.4, -0.2) is 24.0 Å². The van der Waals surface area contributed by atoms with E-state index in [0.29, 0.717) is 0 Å². The fourth-order valence-corrected chi connectivity index (χ4v) is 2.42. The lowest BCUT2D eigenvalue weighted by atomic mass is 9.97. The lowest BCUT2D eigenvalue weighted by Gasteiger charge is -2.31. The molecular formula is C8H8F3O5S3-. The number of carbonyl (C=O) groups is 1. The van der Waals surface area contributed by atoms with Gasteiger partial charge in [0.2, 0.25) is 0 Å². The second kappa shape index (κ2) is 5.09. The highest BCUT2D eigenvalue weighted by molar-refractivity contribution is 8.00. The number of rotatable bonds is 3. The van der Waals surface area contributed by atoms with Crippen LogP contribution in [0.4, 0.5) is 13.2 Å². The number of aliphatic carboxylic acids is 1. The molecule has 0 aromatic rings. The van der Waals surface area contributed by atoms with Crippen molar-refractivity contribution < 1.29 is 35.7 Å². The van der Waals surface area contributed by atoms with Gasteiger partial charge in [-0.3, -0.25) is 0 Å². The Balaban J connectivity index is 3.17. The van der Waals surface area contributed by atoms with Crippen molar-refractivity contribution in [3.8, 4) is 0 Å². The topological polar surface area (TPSA) is 83.5 Å². The van der Waals surface area contributed by atoms with Crippen molar-refractivity contribution in [3.63, 3.8) is 0 Å². The molecule has 0 aromatic carbocycles. The monoisotopic (exact) mass is 337 g/mol. The highest BCUT2D eigenvalue weighted by Crippen LogP contribution is 2.42. The maximum atomic E-state index is 12.2. The maximum Gasteiger partial charge on any atom is 0.534 e. The minimum atomic E-state index is -5.93. The Labute approximate surface area is 117 Å². The molecule has 0 heterocycles. The summed E-state index contributed by atoms with van der Waals surface area (Å²) in [5, 5.41) is 10.7. The van der Waals surface area contributed by atoms with Crippen LogP contribution in [0.15, 0.2) is 11.3 Å². The number of carbonyl (C=O) groups excluding carboxylic acids is 1. The third-order valence-electron chi connectivity index (χ3n) is 2.30. The molecule has 0 aliphatic heterocycles. The van der Waals surface area contributed by atoms with Crippen LogP contribution in [0.3, 0.4) is 0 Å². The lowest BCUT2D eigenvalue weighted by molar-refractivity contribution is -0.299. The summed E-state index contributed by atoms with van der Waals surface area (Å²) >= 11 is 7.94. The van der Waals surface area contributed by atoms with Gasteiger partial charge in [0.1, 0.15) is 5.76 Å². The molecule has 11 heteroatoms. The van der Waals surface area contributed by atoms with Gasteiger partial charge in [0, 0.05) is 12.0 Å². The van der Waals surface area contributed by atoms with Crippen LogP contribution in [-0.2, 0) is 19.1 Å². The van der Waals surface area contributed by atoms with E-state index in [4.69, 9.17) is 0 Å². The normalized spacial score (nSPS) is 20.3. The molecule has 110 valence electrons. The van der Waals surface area contributed by atoms with Crippen LogP contribution in [0, 0.1) is 0 Å². The van der Waals surface area contributed by atoms with Gasteiger partial charge in [-0.1, -0.05) is 0 Å². The number of thiol groups is 2. The van der Waals surface area contributed by atoms with Crippen LogP contribution in [0.5, 0.6) is 0 Å². The first-order valence-electron chi connectivity index (χ1n) is 4.74. The minimum absolute atomic E-state index is 0.113. The third-order valence-corrected chi connectivity index (χ3v) is 4.05. The van der Waals surface area contributed by atoms with Gasteiger partial charge in [0.15, 0.2) is 0 Å². The number of halogens is 3. The van der Waals surface area contributed by atoms with Gasteiger partial charge in [-0.2, -0.15) is 46.8 Å². The summed E-state index contributed by atoms with van der Waals surface area (Å²) in [4.78, 5) is 10.7. The zero-order valence-electron chi connectivity index (χ0n) is 9.10. The molecule has 0 spiro atoms. The molecular weight excluding hydrogens is 329 g/mol. The number of hydrogen-bond acceptors (Lipinski definition) is 7. The summed E-state index contributed by atoms with van der Waals surface area (Å²) in [5.74, 6) is -2.64. The van der Waals surface area contributed by atoms with Crippen molar-refractivity contribution in [1.82, 2.24) is 0 Å². The summed E-state index contributed by atoms with van der Waals surface area (Å²) in [6.45, 7) is 0. The lowest BCUT2D eigenvalue weighted by Crippen LogP contribution is -2.34. The standard InChI is InChI=1S/C8H9F3O5S3/c9-8(10,11)19(14,15)16-5-3-7(17,18)2-1-4(5)6(12)13/h17-18H,1-3H2,(H,12,13)/p-1. The van der Waals surface area contributed by atoms with Crippen LogP contribution in [0.1, 0.15) is 19.3 Å². The van der Waals surface area contributed by atoms with Gasteiger partial charge in [-0.15, -0.1) is 0 Å². The first-order valence-corrected chi connectivity index (χ1v) is 7.05. The highest BCUT2D eigenvalue weighted by Gasteiger charge is 2.49. The fraction of sp³-hybridized carbons (Fsp3) is 0.625. The van der Waals surface area contributed by atoms with E-state index in [9.17, 15) is 31.5 Å². The second-order valence-electron chi connectivity index (χ2n) is 3.83. The molecule has 0 N–H and O–H groups in total. The first kappa shape index (κ1) is 16.5. The Kier molecular flexibility index (Phi) is 4.42. The molecule has 0 bridgehead atoms. The Morgan fingerprint density at radius 1 is 1.37 bits per heavy atom. The SMILES string of the molecule is O=C([O-])C1=C(OS(=O)(=O)C(F)(F)F)CC(S)(S)CC1. The summed E-state index contributed by atoms with van der Waals surface area (Å²) in [5.41, 5.74) is -6.28. The molecule has 1 rings (SSSR count). The van der Waals surface area contributed by atoms with Crippen LogP contribution >= 0.6 is 25.3 Å². The van der Waals surface area contributed by atoms with E-state index in [2.05, 4.69) is 29.4 Å². The largest absolute Gasteiger partial charge is 0.545 e. The van der Waals surface area contributed by atoms with Gasteiger partial charge in [0.05, 0.1) is 10.0 Å². The molecule has 0 aromatic heterocycles. The Bertz CT molecular complexity index is 520. The van der Waals surface area contributed by atoms with E-state index in [1.165, 1.54) is 0 Å². The summed E-state index contributed by atoms with van der Waals surface area (Å²) in [6.07, 6.45) is -0.628. The minimum Gasteiger partial charge on any atom is -0.545 e. The number of allylic oxidation sites excluding steroid dienone is 1. The highest BCUT2D eigenvalue weighted by atomic mass is 32.2. The Hall–Kier alpha value is -0.550. The molecule has 19 heavy (non-hydrogen) atoms. The van der Waals surface area contributed by atoms with Crippen molar-refractivity contribution >= 4 is 41.3 Å².